The molecule has 0 aromatic heterocycles. The quantitative estimate of drug-likeness (QED) is 0.817. The fourth-order valence-electron chi connectivity index (χ4n) is 2.07. The van der Waals surface area contributed by atoms with Crippen LogP contribution in [0.4, 0.5) is 0 Å². The molecule has 4 nitrogen and oxygen atoms in total. The zero-order chi connectivity index (χ0) is 12.4. The van der Waals surface area contributed by atoms with Gasteiger partial charge in [-0.25, -0.2) is 0 Å². The monoisotopic (exact) mass is 232 g/mol. The average molecular weight is 232 g/mol. The first kappa shape index (κ1) is 11.8. The number of rotatable bonds is 3. The second kappa shape index (κ2) is 4.67. The van der Waals surface area contributed by atoms with Crippen molar-refractivity contribution in [1.29, 1.82) is 0 Å². The number of carbonyl (C=O) groups excluding carboxylic acids is 2. The van der Waals surface area contributed by atoms with E-state index in [0.717, 1.165) is 12.0 Å². The molecule has 0 unspecified atom stereocenters. The molecule has 0 saturated heterocycles. The molecule has 1 atom stereocenters. The number of nitrogens with one attached hydrogen (secondary N) is 1. The molecule has 2 rings (SSSR count). The molecule has 0 bridgehead atoms. The van der Waals surface area contributed by atoms with Crippen LogP contribution >= 0.6 is 0 Å². The van der Waals surface area contributed by atoms with Crippen LogP contribution in [0.25, 0.3) is 0 Å². The number of Topliss-reactive ketones (excluding diaryl/α,β-unsaturated/α-hetero) is 1. The fraction of sp³-hybridized carbons (Fsp3) is 0.385. The third-order valence-electron chi connectivity index (χ3n) is 3.00. The van der Waals surface area contributed by atoms with Gasteiger partial charge < -0.3 is 11.1 Å². The largest absolute Gasteiger partial charge is 0.342 e. The molecule has 0 aliphatic carbocycles. The van der Waals surface area contributed by atoms with Gasteiger partial charge in [-0.2, -0.15) is 0 Å². The maximum atomic E-state index is 12.2. The van der Waals surface area contributed by atoms with Gasteiger partial charge in [-0.15, -0.1) is 0 Å². The zero-order valence-electron chi connectivity index (χ0n) is 9.82. The van der Waals surface area contributed by atoms with E-state index in [4.69, 9.17) is 5.73 Å². The summed E-state index contributed by atoms with van der Waals surface area (Å²) in [6, 6.07) is 4.91. The van der Waals surface area contributed by atoms with Gasteiger partial charge in [0.05, 0.1) is 11.6 Å². The maximum absolute atomic E-state index is 12.2. The van der Waals surface area contributed by atoms with E-state index in [1.165, 1.54) is 0 Å². The molecular formula is C13H16N2O2. The van der Waals surface area contributed by atoms with Gasteiger partial charge in [0.1, 0.15) is 0 Å². The minimum absolute atomic E-state index is 0.00301. The molecule has 1 aliphatic rings. The van der Waals surface area contributed by atoms with E-state index >= 15 is 0 Å². The number of carbonyl (C=O) groups is 2. The summed E-state index contributed by atoms with van der Waals surface area (Å²) >= 11 is 0. The average Bonchev–Trinajstić information content (AvgIpc) is 2.32. The Bertz CT molecular complexity index is 468. The summed E-state index contributed by atoms with van der Waals surface area (Å²) in [7, 11) is 0. The number of hydrogen-bond acceptors (Lipinski definition) is 3. The molecule has 0 spiro atoms. The van der Waals surface area contributed by atoms with Crippen molar-refractivity contribution in [2.45, 2.75) is 25.8 Å². The highest BCUT2D eigenvalue weighted by Crippen LogP contribution is 2.20. The summed E-state index contributed by atoms with van der Waals surface area (Å²) in [4.78, 5) is 24.0. The normalized spacial score (nSPS) is 18.8. The molecule has 1 aromatic carbocycles. The van der Waals surface area contributed by atoms with E-state index < -0.39 is 6.04 Å². The standard InChI is InChI=1S/C13H16N2O2/c1-8-4-5-9-10(7-8)12(16)11(3-2-6-14)15-13(9)17/h4-5,7,11H,2-3,6,14H2,1H3,(H,15,17)/t11-/m0/s1. The number of nitrogens with two attached hydrogens (primary N) is 1. The van der Waals surface area contributed by atoms with Crippen LogP contribution < -0.4 is 11.1 Å². The molecular weight excluding hydrogens is 216 g/mol. The lowest BCUT2D eigenvalue weighted by Crippen LogP contribution is -2.46. The Balaban J connectivity index is 2.32. The molecule has 1 aromatic rings. The van der Waals surface area contributed by atoms with E-state index in [1.807, 2.05) is 13.0 Å². The zero-order valence-corrected chi connectivity index (χ0v) is 9.82. The van der Waals surface area contributed by atoms with Gasteiger partial charge in [0.25, 0.3) is 5.91 Å². The lowest BCUT2D eigenvalue weighted by atomic mass is 9.90. The Kier molecular flexibility index (Phi) is 3.24. The summed E-state index contributed by atoms with van der Waals surface area (Å²) < 4.78 is 0. The van der Waals surface area contributed by atoms with Gasteiger partial charge in [-0.05, 0) is 38.4 Å². The number of ketones is 1. The molecule has 1 heterocycles. The minimum atomic E-state index is -0.416. The molecule has 0 fully saturated rings. The van der Waals surface area contributed by atoms with Crippen LogP contribution in [0.3, 0.4) is 0 Å². The highest BCUT2D eigenvalue weighted by Gasteiger charge is 2.31. The van der Waals surface area contributed by atoms with Crippen LogP contribution in [0.1, 0.15) is 39.1 Å². The lowest BCUT2D eigenvalue weighted by Gasteiger charge is -2.24. The summed E-state index contributed by atoms with van der Waals surface area (Å²) in [5.41, 5.74) is 7.42. The van der Waals surface area contributed by atoms with Crippen molar-refractivity contribution in [2.24, 2.45) is 5.73 Å². The van der Waals surface area contributed by atoms with Gasteiger partial charge in [0.2, 0.25) is 0 Å². The van der Waals surface area contributed by atoms with Crippen LogP contribution in [0.5, 0.6) is 0 Å². The van der Waals surface area contributed by atoms with E-state index in [-0.39, 0.29) is 11.7 Å². The second-order valence-corrected chi connectivity index (χ2v) is 4.37. The van der Waals surface area contributed by atoms with Gasteiger partial charge in [-0.1, -0.05) is 11.6 Å². The van der Waals surface area contributed by atoms with Crippen molar-refractivity contribution in [2.75, 3.05) is 6.54 Å². The van der Waals surface area contributed by atoms with Crippen molar-refractivity contribution in [3.63, 3.8) is 0 Å². The minimum Gasteiger partial charge on any atom is -0.342 e. The van der Waals surface area contributed by atoms with Crippen molar-refractivity contribution < 1.29 is 9.59 Å². The Morgan fingerprint density at radius 1 is 1.29 bits per heavy atom. The smallest absolute Gasteiger partial charge is 0.252 e. The number of fused-ring (bicyclic) bond motifs is 1. The number of benzene rings is 1. The topological polar surface area (TPSA) is 72.2 Å². The lowest BCUT2D eigenvalue weighted by molar-refractivity contribution is 0.0822. The van der Waals surface area contributed by atoms with Crippen LogP contribution in [0, 0.1) is 6.92 Å². The van der Waals surface area contributed by atoms with Crippen molar-refractivity contribution in [1.82, 2.24) is 5.32 Å². The predicted octanol–water partition coefficient (Wildman–Crippen LogP) is 1.03. The molecule has 17 heavy (non-hydrogen) atoms. The molecule has 1 aliphatic heterocycles. The summed E-state index contributed by atoms with van der Waals surface area (Å²) in [5.74, 6) is -0.168. The van der Waals surface area contributed by atoms with Crippen molar-refractivity contribution in [3.05, 3.63) is 34.9 Å². The molecule has 90 valence electrons. The molecule has 4 heteroatoms. The van der Waals surface area contributed by atoms with Crippen LogP contribution in [-0.2, 0) is 0 Å². The highest BCUT2D eigenvalue weighted by molar-refractivity contribution is 6.15. The number of amides is 1. The first-order valence-electron chi connectivity index (χ1n) is 5.79. The number of aryl methyl sites for hydroxylation is 1. The van der Waals surface area contributed by atoms with Crippen LogP contribution in [0.15, 0.2) is 18.2 Å². The van der Waals surface area contributed by atoms with E-state index in [0.29, 0.717) is 24.1 Å². The Morgan fingerprint density at radius 3 is 2.76 bits per heavy atom. The third kappa shape index (κ3) is 2.22. The SMILES string of the molecule is Cc1ccc2c(c1)C(=O)[C@H](CCCN)NC2=O. The second-order valence-electron chi connectivity index (χ2n) is 4.37. The number of hydrogen-bond donors (Lipinski definition) is 2. The molecule has 0 radical (unpaired) electrons. The molecule has 1 amide bonds. The summed E-state index contributed by atoms with van der Waals surface area (Å²) in [6.07, 6.45) is 1.34. The van der Waals surface area contributed by atoms with Gasteiger partial charge >= 0.3 is 0 Å². The van der Waals surface area contributed by atoms with Crippen molar-refractivity contribution in [3.8, 4) is 0 Å². The predicted molar refractivity (Wildman–Crippen MR) is 65.1 cm³/mol. The summed E-state index contributed by atoms with van der Waals surface area (Å²) in [5, 5.41) is 2.73. The Labute approximate surface area is 100 Å². The third-order valence-corrected chi connectivity index (χ3v) is 3.00. The highest BCUT2D eigenvalue weighted by atomic mass is 16.2. The van der Waals surface area contributed by atoms with Crippen LogP contribution in [-0.4, -0.2) is 24.3 Å². The van der Waals surface area contributed by atoms with E-state index in [2.05, 4.69) is 5.32 Å². The Morgan fingerprint density at radius 2 is 2.06 bits per heavy atom. The fourth-order valence-corrected chi connectivity index (χ4v) is 2.07. The first-order valence-corrected chi connectivity index (χ1v) is 5.79. The molecule has 0 saturated carbocycles. The van der Waals surface area contributed by atoms with Gasteiger partial charge in [0, 0.05) is 5.56 Å². The first-order chi connectivity index (χ1) is 8.13. The summed E-state index contributed by atoms with van der Waals surface area (Å²) in [6.45, 7) is 2.44. The Hall–Kier alpha value is -1.68. The van der Waals surface area contributed by atoms with E-state index in [1.54, 1.807) is 12.1 Å². The van der Waals surface area contributed by atoms with E-state index in [9.17, 15) is 9.59 Å². The maximum Gasteiger partial charge on any atom is 0.252 e. The van der Waals surface area contributed by atoms with Crippen LogP contribution in [0.2, 0.25) is 0 Å². The molecule has 3 N–H and O–H groups in total. The van der Waals surface area contributed by atoms with Crippen molar-refractivity contribution >= 4 is 11.7 Å². The van der Waals surface area contributed by atoms with Gasteiger partial charge in [-0.3, -0.25) is 9.59 Å². The van der Waals surface area contributed by atoms with Gasteiger partial charge in [0.15, 0.2) is 5.78 Å².